The fourth-order valence-corrected chi connectivity index (χ4v) is 1.27. The molecule has 0 aromatic heterocycles. The van der Waals surface area contributed by atoms with E-state index < -0.39 is 11.7 Å². The number of carbonyl (C=O) groups is 1. The van der Waals surface area contributed by atoms with Gasteiger partial charge in [-0.05, 0) is 39.8 Å². The van der Waals surface area contributed by atoms with Gasteiger partial charge in [-0.15, -0.1) is 0 Å². The number of rotatable bonds is 2. The smallest absolute Gasteiger partial charge is 0.428 e. The highest BCUT2D eigenvalue weighted by atomic mass is 16.6. The Hall–Kier alpha value is -2.04. The first-order valence-electron chi connectivity index (χ1n) is 5.61. The maximum atomic E-state index is 11.4. The van der Waals surface area contributed by atoms with Gasteiger partial charge in [-0.25, -0.2) is 10.2 Å². The molecular formula is C13H18N2O3. The van der Waals surface area contributed by atoms with E-state index in [1.54, 1.807) is 52.0 Å². The molecule has 0 spiro atoms. The number of ether oxygens (including phenoxy) is 1. The summed E-state index contributed by atoms with van der Waals surface area (Å²) in [6, 6.07) is 6.77. The van der Waals surface area contributed by atoms with Crippen LogP contribution in [0.5, 0.6) is 5.75 Å². The minimum absolute atomic E-state index is 0.115. The zero-order chi connectivity index (χ0) is 13.8. The number of hydrogen-bond donors (Lipinski definition) is 2. The topological polar surface area (TPSA) is 70.9 Å². The molecule has 2 N–H and O–H groups in total. The summed E-state index contributed by atoms with van der Waals surface area (Å²) in [5.74, 6) is 0.115. The molecule has 5 nitrogen and oxygen atoms in total. The lowest BCUT2D eigenvalue weighted by Gasteiger charge is -2.18. The Balaban J connectivity index is 2.69. The Morgan fingerprint density at radius 3 is 2.50 bits per heavy atom. The first-order chi connectivity index (χ1) is 8.29. The summed E-state index contributed by atoms with van der Waals surface area (Å²) < 4.78 is 5.03. The van der Waals surface area contributed by atoms with Crippen LogP contribution in [-0.4, -0.2) is 22.5 Å². The molecule has 5 heteroatoms. The highest BCUT2D eigenvalue weighted by molar-refractivity contribution is 6.01. The SMILES string of the molecule is C/C(=N/NC(=O)OC(C)(C)C)c1ccccc1O. The molecule has 0 aliphatic rings. The molecule has 0 saturated carbocycles. The Morgan fingerprint density at radius 2 is 1.94 bits per heavy atom. The van der Waals surface area contributed by atoms with Crippen LogP contribution < -0.4 is 5.43 Å². The second-order valence-corrected chi connectivity index (χ2v) is 4.83. The maximum absolute atomic E-state index is 11.4. The number of nitrogens with one attached hydrogen (secondary N) is 1. The quantitative estimate of drug-likeness (QED) is 0.626. The van der Waals surface area contributed by atoms with Crippen LogP contribution in [0.15, 0.2) is 29.4 Å². The zero-order valence-corrected chi connectivity index (χ0v) is 11.0. The molecule has 0 aliphatic carbocycles. The van der Waals surface area contributed by atoms with Gasteiger partial charge in [-0.1, -0.05) is 12.1 Å². The summed E-state index contributed by atoms with van der Waals surface area (Å²) >= 11 is 0. The molecule has 0 saturated heterocycles. The number of amides is 1. The number of aromatic hydroxyl groups is 1. The van der Waals surface area contributed by atoms with Crippen LogP contribution >= 0.6 is 0 Å². The second-order valence-electron chi connectivity index (χ2n) is 4.83. The number of nitrogens with zero attached hydrogens (tertiary/aromatic N) is 1. The largest absolute Gasteiger partial charge is 0.507 e. The van der Waals surface area contributed by atoms with Crippen molar-refractivity contribution >= 4 is 11.8 Å². The van der Waals surface area contributed by atoms with E-state index in [4.69, 9.17) is 4.74 Å². The van der Waals surface area contributed by atoms with E-state index in [1.165, 1.54) is 0 Å². The number of hydrazone groups is 1. The van der Waals surface area contributed by atoms with Gasteiger partial charge in [0.2, 0.25) is 0 Å². The highest BCUT2D eigenvalue weighted by Crippen LogP contribution is 2.16. The molecule has 0 aliphatic heterocycles. The van der Waals surface area contributed by atoms with E-state index in [0.29, 0.717) is 11.3 Å². The molecule has 0 unspecified atom stereocenters. The fraction of sp³-hybridized carbons (Fsp3) is 0.385. The molecule has 0 bridgehead atoms. The second kappa shape index (κ2) is 5.53. The average Bonchev–Trinajstić information content (AvgIpc) is 2.24. The number of benzene rings is 1. The van der Waals surface area contributed by atoms with Crippen LogP contribution in [0.4, 0.5) is 4.79 Å². The molecule has 18 heavy (non-hydrogen) atoms. The summed E-state index contributed by atoms with van der Waals surface area (Å²) in [5.41, 5.74) is 2.78. The first kappa shape index (κ1) is 14.0. The van der Waals surface area contributed by atoms with E-state index >= 15 is 0 Å². The van der Waals surface area contributed by atoms with Gasteiger partial charge >= 0.3 is 6.09 Å². The van der Waals surface area contributed by atoms with Crippen molar-refractivity contribution in [3.63, 3.8) is 0 Å². The van der Waals surface area contributed by atoms with Crippen molar-refractivity contribution in [3.8, 4) is 5.75 Å². The molecule has 98 valence electrons. The molecular weight excluding hydrogens is 232 g/mol. The molecule has 0 heterocycles. The summed E-state index contributed by atoms with van der Waals surface area (Å²) in [5, 5.41) is 13.5. The molecule has 1 aromatic rings. The van der Waals surface area contributed by atoms with E-state index in [9.17, 15) is 9.90 Å². The van der Waals surface area contributed by atoms with Crippen molar-refractivity contribution in [2.45, 2.75) is 33.3 Å². The third-order valence-corrected chi connectivity index (χ3v) is 2.01. The number of para-hydroxylation sites is 1. The van der Waals surface area contributed by atoms with E-state index in [2.05, 4.69) is 10.5 Å². The first-order valence-corrected chi connectivity index (χ1v) is 5.61. The fourth-order valence-electron chi connectivity index (χ4n) is 1.27. The maximum Gasteiger partial charge on any atom is 0.428 e. The Labute approximate surface area is 106 Å². The standard InChI is InChI=1S/C13H18N2O3/c1-9(10-7-5-6-8-11(10)16)14-15-12(17)18-13(2,3)4/h5-8,16H,1-4H3,(H,15,17)/b14-9-. The van der Waals surface area contributed by atoms with Gasteiger partial charge in [0.25, 0.3) is 0 Å². The monoisotopic (exact) mass is 250 g/mol. The van der Waals surface area contributed by atoms with Crippen LogP contribution in [0, 0.1) is 0 Å². The van der Waals surface area contributed by atoms with Crippen molar-refractivity contribution in [2.24, 2.45) is 5.10 Å². The van der Waals surface area contributed by atoms with Gasteiger partial charge < -0.3 is 9.84 Å². The lowest BCUT2D eigenvalue weighted by Crippen LogP contribution is -2.30. The summed E-state index contributed by atoms with van der Waals surface area (Å²) in [4.78, 5) is 11.4. The third kappa shape index (κ3) is 4.45. The molecule has 0 radical (unpaired) electrons. The third-order valence-electron chi connectivity index (χ3n) is 2.01. The summed E-state index contributed by atoms with van der Waals surface area (Å²) in [6.45, 7) is 7.00. The lowest BCUT2D eigenvalue weighted by molar-refractivity contribution is 0.0529. The summed E-state index contributed by atoms with van der Waals surface area (Å²) in [7, 11) is 0. The van der Waals surface area contributed by atoms with E-state index in [1.807, 2.05) is 0 Å². The Bertz CT molecular complexity index is 462. The van der Waals surface area contributed by atoms with E-state index in [0.717, 1.165) is 0 Å². The predicted octanol–water partition coefficient (Wildman–Crippen LogP) is 2.64. The zero-order valence-electron chi connectivity index (χ0n) is 11.0. The van der Waals surface area contributed by atoms with Gasteiger partial charge in [-0.2, -0.15) is 5.10 Å². The molecule has 1 aromatic carbocycles. The highest BCUT2D eigenvalue weighted by Gasteiger charge is 2.15. The molecule has 1 amide bonds. The lowest BCUT2D eigenvalue weighted by atomic mass is 10.1. The molecule has 1 rings (SSSR count). The number of hydrogen-bond acceptors (Lipinski definition) is 4. The van der Waals surface area contributed by atoms with Gasteiger partial charge in [0, 0.05) is 5.56 Å². The van der Waals surface area contributed by atoms with Crippen LogP contribution in [0.3, 0.4) is 0 Å². The average molecular weight is 250 g/mol. The summed E-state index contributed by atoms with van der Waals surface area (Å²) in [6.07, 6.45) is -0.628. The van der Waals surface area contributed by atoms with Gasteiger partial charge in [0.1, 0.15) is 11.4 Å². The van der Waals surface area contributed by atoms with Crippen molar-refractivity contribution in [2.75, 3.05) is 0 Å². The normalized spacial score (nSPS) is 12.1. The van der Waals surface area contributed by atoms with Gasteiger partial charge in [0.15, 0.2) is 0 Å². The van der Waals surface area contributed by atoms with Crippen LogP contribution in [0.2, 0.25) is 0 Å². The number of phenolic OH excluding ortho intramolecular Hbond substituents is 1. The minimum atomic E-state index is -0.628. The van der Waals surface area contributed by atoms with Crippen molar-refractivity contribution < 1.29 is 14.6 Å². The molecule has 0 fully saturated rings. The van der Waals surface area contributed by atoms with Crippen molar-refractivity contribution in [3.05, 3.63) is 29.8 Å². The van der Waals surface area contributed by atoms with Crippen LogP contribution in [0.1, 0.15) is 33.3 Å². The number of carbonyl (C=O) groups excluding carboxylic acids is 1. The van der Waals surface area contributed by atoms with Crippen LogP contribution in [-0.2, 0) is 4.74 Å². The predicted molar refractivity (Wildman–Crippen MR) is 69.7 cm³/mol. The Kier molecular flexibility index (Phi) is 4.31. The minimum Gasteiger partial charge on any atom is -0.507 e. The number of phenols is 1. The van der Waals surface area contributed by atoms with Gasteiger partial charge in [-0.3, -0.25) is 0 Å². The molecule has 0 atom stereocenters. The van der Waals surface area contributed by atoms with Crippen LogP contribution in [0.25, 0.3) is 0 Å². The van der Waals surface area contributed by atoms with Gasteiger partial charge in [0.05, 0.1) is 5.71 Å². The Morgan fingerprint density at radius 1 is 1.33 bits per heavy atom. The van der Waals surface area contributed by atoms with Crippen molar-refractivity contribution in [1.82, 2.24) is 5.43 Å². The van der Waals surface area contributed by atoms with E-state index in [-0.39, 0.29) is 5.75 Å². The van der Waals surface area contributed by atoms with Crippen molar-refractivity contribution in [1.29, 1.82) is 0 Å².